The van der Waals surface area contributed by atoms with Crippen LogP contribution in [0.5, 0.6) is 5.75 Å². The van der Waals surface area contributed by atoms with Crippen molar-refractivity contribution in [2.75, 3.05) is 11.9 Å². The number of carbonyl (C=O) groups is 1. The molecule has 5 heteroatoms. The number of ether oxygens (including phenoxy) is 1. The highest BCUT2D eigenvalue weighted by Crippen LogP contribution is 2.28. The van der Waals surface area contributed by atoms with E-state index in [1.54, 1.807) is 18.2 Å². The number of nitrogens with one attached hydrogen (secondary N) is 1. The molecule has 0 aliphatic heterocycles. The average Bonchev–Trinajstić information content (AvgIpc) is 2.48. The molecule has 2 rings (SSSR count). The largest absolute Gasteiger partial charge is 0.492 e. The Morgan fingerprint density at radius 2 is 1.91 bits per heavy atom. The number of hydrogen-bond acceptors (Lipinski definition) is 2. The zero-order valence-electron chi connectivity index (χ0n) is 12.5. The number of aryl methyl sites for hydroxylation is 1. The molecule has 22 heavy (non-hydrogen) atoms. The molecule has 2 aromatic rings. The summed E-state index contributed by atoms with van der Waals surface area (Å²) in [6, 6.07) is 11.1. The molecule has 0 aliphatic rings. The van der Waals surface area contributed by atoms with Crippen molar-refractivity contribution in [1.29, 1.82) is 0 Å². The summed E-state index contributed by atoms with van der Waals surface area (Å²) in [5, 5.41) is 2.90. The number of amides is 1. The van der Waals surface area contributed by atoms with Crippen LogP contribution in [0.25, 0.3) is 0 Å². The Morgan fingerprint density at radius 1 is 1.14 bits per heavy atom. The van der Waals surface area contributed by atoms with Gasteiger partial charge in [0.1, 0.15) is 5.75 Å². The van der Waals surface area contributed by atoms with Crippen molar-refractivity contribution in [3.8, 4) is 5.75 Å². The van der Waals surface area contributed by atoms with E-state index in [2.05, 4.69) is 44.1 Å². The minimum absolute atomic E-state index is 0.160. The van der Waals surface area contributed by atoms with E-state index in [1.807, 2.05) is 25.1 Å². The highest BCUT2D eigenvalue weighted by molar-refractivity contribution is 9.11. The van der Waals surface area contributed by atoms with E-state index in [1.165, 1.54) is 0 Å². The summed E-state index contributed by atoms with van der Waals surface area (Å²) in [6.07, 6.45) is 0.941. The monoisotopic (exact) mass is 425 g/mol. The van der Waals surface area contributed by atoms with Gasteiger partial charge in [-0.15, -0.1) is 0 Å². The molecule has 0 heterocycles. The molecule has 0 aliphatic carbocycles. The van der Waals surface area contributed by atoms with Gasteiger partial charge in [-0.05, 0) is 81.1 Å². The van der Waals surface area contributed by atoms with Gasteiger partial charge in [0.25, 0.3) is 5.91 Å². The van der Waals surface area contributed by atoms with Crippen molar-refractivity contribution in [3.05, 3.63) is 56.5 Å². The van der Waals surface area contributed by atoms with Gasteiger partial charge in [0.2, 0.25) is 0 Å². The number of anilines is 1. The summed E-state index contributed by atoms with van der Waals surface area (Å²) in [6.45, 7) is 4.71. The number of hydrogen-bond donors (Lipinski definition) is 1. The lowest BCUT2D eigenvalue weighted by Gasteiger charge is -2.10. The summed E-state index contributed by atoms with van der Waals surface area (Å²) < 4.78 is 7.22. The van der Waals surface area contributed by atoms with E-state index < -0.39 is 0 Å². The highest BCUT2D eigenvalue weighted by Gasteiger charge is 2.11. The quantitative estimate of drug-likeness (QED) is 0.679. The Labute approximate surface area is 147 Å². The average molecular weight is 427 g/mol. The molecule has 0 spiro atoms. The lowest BCUT2D eigenvalue weighted by molar-refractivity contribution is 0.102. The van der Waals surface area contributed by atoms with Gasteiger partial charge in [0, 0.05) is 10.0 Å². The Balaban J connectivity index is 2.14. The molecule has 0 atom stereocenters. The third kappa shape index (κ3) is 4.34. The van der Waals surface area contributed by atoms with Crippen LogP contribution in [0.15, 0.2) is 45.3 Å². The number of halogens is 2. The second kappa shape index (κ2) is 7.79. The summed E-state index contributed by atoms with van der Waals surface area (Å²) in [4.78, 5) is 12.3. The van der Waals surface area contributed by atoms with Gasteiger partial charge in [-0.2, -0.15) is 0 Å². The molecule has 0 saturated heterocycles. The standard InChI is InChI=1S/C17H17Br2NO2/c1-3-8-22-16-7-5-12(10-14(16)19)17(21)20-15-6-4-11(2)9-13(15)18/h4-7,9-10H,3,8H2,1-2H3,(H,20,21). The second-order valence-electron chi connectivity index (χ2n) is 4.93. The Hall–Kier alpha value is -1.33. The van der Waals surface area contributed by atoms with Gasteiger partial charge in [-0.1, -0.05) is 13.0 Å². The number of benzene rings is 2. The summed E-state index contributed by atoms with van der Waals surface area (Å²) in [7, 11) is 0. The van der Waals surface area contributed by atoms with Crippen molar-refractivity contribution in [1.82, 2.24) is 0 Å². The predicted octanol–water partition coefficient (Wildman–Crippen LogP) is 5.56. The van der Waals surface area contributed by atoms with Crippen LogP contribution < -0.4 is 10.1 Å². The van der Waals surface area contributed by atoms with Crippen LogP contribution in [0.3, 0.4) is 0 Å². The first kappa shape index (κ1) is 17.0. The minimum Gasteiger partial charge on any atom is -0.492 e. The van der Waals surface area contributed by atoms with Crippen LogP contribution in [-0.4, -0.2) is 12.5 Å². The van der Waals surface area contributed by atoms with Crippen molar-refractivity contribution < 1.29 is 9.53 Å². The zero-order chi connectivity index (χ0) is 16.1. The lowest BCUT2D eigenvalue weighted by Crippen LogP contribution is -2.12. The topological polar surface area (TPSA) is 38.3 Å². The fourth-order valence-electron chi connectivity index (χ4n) is 1.89. The molecular weight excluding hydrogens is 410 g/mol. The summed E-state index contributed by atoms with van der Waals surface area (Å²) in [5.41, 5.74) is 2.45. The molecule has 0 fully saturated rings. The van der Waals surface area contributed by atoms with E-state index in [0.717, 1.165) is 32.4 Å². The molecule has 0 bridgehead atoms. The fourth-order valence-corrected chi connectivity index (χ4v) is 2.97. The zero-order valence-corrected chi connectivity index (χ0v) is 15.6. The van der Waals surface area contributed by atoms with Gasteiger partial charge < -0.3 is 10.1 Å². The first-order valence-corrected chi connectivity index (χ1v) is 8.59. The molecule has 0 radical (unpaired) electrons. The van der Waals surface area contributed by atoms with Gasteiger partial charge in [-0.3, -0.25) is 4.79 Å². The van der Waals surface area contributed by atoms with Crippen molar-refractivity contribution in [2.24, 2.45) is 0 Å². The van der Waals surface area contributed by atoms with E-state index in [0.29, 0.717) is 12.2 Å². The van der Waals surface area contributed by atoms with Gasteiger partial charge >= 0.3 is 0 Å². The maximum atomic E-state index is 12.3. The van der Waals surface area contributed by atoms with Crippen molar-refractivity contribution in [2.45, 2.75) is 20.3 Å². The Bertz CT molecular complexity index is 686. The first-order valence-electron chi connectivity index (χ1n) is 7.01. The van der Waals surface area contributed by atoms with Crippen LogP contribution in [0.4, 0.5) is 5.69 Å². The van der Waals surface area contributed by atoms with Crippen LogP contribution >= 0.6 is 31.9 Å². The normalized spacial score (nSPS) is 10.4. The first-order chi connectivity index (χ1) is 10.5. The molecule has 0 aromatic heterocycles. The van der Waals surface area contributed by atoms with Crippen LogP contribution in [0.2, 0.25) is 0 Å². The maximum absolute atomic E-state index is 12.3. The lowest BCUT2D eigenvalue weighted by atomic mass is 10.2. The molecule has 116 valence electrons. The predicted molar refractivity (Wildman–Crippen MR) is 96.8 cm³/mol. The molecular formula is C17H17Br2NO2. The molecule has 2 aromatic carbocycles. The maximum Gasteiger partial charge on any atom is 0.255 e. The third-order valence-electron chi connectivity index (χ3n) is 3.03. The van der Waals surface area contributed by atoms with E-state index in [-0.39, 0.29) is 5.91 Å². The van der Waals surface area contributed by atoms with Gasteiger partial charge in [0.15, 0.2) is 0 Å². The smallest absolute Gasteiger partial charge is 0.255 e. The molecule has 1 amide bonds. The highest BCUT2D eigenvalue weighted by atomic mass is 79.9. The van der Waals surface area contributed by atoms with Crippen LogP contribution in [-0.2, 0) is 0 Å². The second-order valence-corrected chi connectivity index (χ2v) is 6.64. The molecule has 0 saturated carbocycles. The SMILES string of the molecule is CCCOc1ccc(C(=O)Nc2ccc(C)cc2Br)cc1Br. The molecule has 1 N–H and O–H groups in total. The van der Waals surface area contributed by atoms with Crippen LogP contribution in [0.1, 0.15) is 29.3 Å². The van der Waals surface area contributed by atoms with E-state index in [9.17, 15) is 4.79 Å². The summed E-state index contributed by atoms with van der Waals surface area (Å²) >= 11 is 6.90. The number of carbonyl (C=O) groups excluding carboxylic acids is 1. The van der Waals surface area contributed by atoms with Crippen molar-refractivity contribution in [3.63, 3.8) is 0 Å². The third-order valence-corrected chi connectivity index (χ3v) is 4.30. The summed E-state index contributed by atoms with van der Waals surface area (Å²) in [5.74, 6) is 0.585. The van der Waals surface area contributed by atoms with E-state index >= 15 is 0 Å². The Kier molecular flexibility index (Phi) is 6.03. The van der Waals surface area contributed by atoms with E-state index in [4.69, 9.17) is 4.74 Å². The number of rotatable bonds is 5. The minimum atomic E-state index is -0.160. The Morgan fingerprint density at radius 3 is 2.55 bits per heavy atom. The van der Waals surface area contributed by atoms with Gasteiger partial charge in [-0.25, -0.2) is 0 Å². The van der Waals surface area contributed by atoms with Crippen molar-refractivity contribution >= 4 is 43.5 Å². The molecule has 0 unspecified atom stereocenters. The van der Waals surface area contributed by atoms with Gasteiger partial charge in [0.05, 0.1) is 16.8 Å². The molecule has 3 nitrogen and oxygen atoms in total. The fraction of sp³-hybridized carbons (Fsp3) is 0.235. The van der Waals surface area contributed by atoms with Crippen LogP contribution in [0, 0.1) is 6.92 Å².